The summed E-state index contributed by atoms with van der Waals surface area (Å²) in [7, 11) is -3.41. The molecule has 0 atom stereocenters. The lowest BCUT2D eigenvalue weighted by molar-refractivity contribution is 0.0527. The van der Waals surface area contributed by atoms with Gasteiger partial charge < -0.3 is 10.1 Å². The number of hydrogen-bond donors (Lipinski definition) is 2. The molecule has 0 bridgehead atoms. The minimum atomic E-state index is -3.41. The van der Waals surface area contributed by atoms with Gasteiger partial charge in [-0.2, -0.15) is 0 Å². The Balaban J connectivity index is 2.13. The Kier molecular flexibility index (Phi) is 6.29. The molecule has 0 aliphatic rings. The first-order valence-electron chi connectivity index (χ1n) is 7.82. The molecule has 0 radical (unpaired) electrons. The molecule has 0 amide bonds. The van der Waals surface area contributed by atoms with Crippen molar-refractivity contribution in [1.29, 1.82) is 0 Å². The standard InChI is InChI=1S/C16H20N4O4S/c1-3-11-25(22,23)20-15-10-9-14(18-19-15)17-13-8-6-5-7-12(13)16(21)24-4-2/h5-10H,3-4,11H2,1-2H3,(H,17,18)(H,19,20). The van der Waals surface area contributed by atoms with Crippen molar-refractivity contribution in [2.75, 3.05) is 22.4 Å². The minimum absolute atomic E-state index is 0.0155. The average molecular weight is 364 g/mol. The summed E-state index contributed by atoms with van der Waals surface area (Å²) in [6.45, 7) is 3.79. The highest BCUT2D eigenvalue weighted by Gasteiger charge is 2.13. The van der Waals surface area contributed by atoms with Crippen LogP contribution in [0.3, 0.4) is 0 Å². The quantitative estimate of drug-likeness (QED) is 0.693. The van der Waals surface area contributed by atoms with E-state index in [2.05, 4.69) is 20.2 Å². The SMILES string of the molecule is CCCS(=O)(=O)Nc1ccc(Nc2ccccc2C(=O)OCC)nn1. The van der Waals surface area contributed by atoms with E-state index in [1.807, 2.05) is 0 Å². The fourth-order valence-corrected chi connectivity index (χ4v) is 3.12. The van der Waals surface area contributed by atoms with Gasteiger partial charge in [0.15, 0.2) is 11.6 Å². The molecule has 2 rings (SSSR count). The maximum absolute atomic E-state index is 12.0. The van der Waals surface area contributed by atoms with Crippen LogP contribution in [0.1, 0.15) is 30.6 Å². The van der Waals surface area contributed by atoms with Crippen LogP contribution in [-0.2, 0) is 14.8 Å². The van der Waals surface area contributed by atoms with Gasteiger partial charge in [-0.05, 0) is 37.6 Å². The predicted octanol–water partition coefficient (Wildman–Crippen LogP) is 2.55. The molecule has 1 aromatic carbocycles. The fraction of sp³-hybridized carbons (Fsp3) is 0.312. The molecule has 134 valence electrons. The van der Waals surface area contributed by atoms with E-state index in [9.17, 15) is 13.2 Å². The lowest BCUT2D eigenvalue weighted by Crippen LogP contribution is -2.17. The number of benzene rings is 1. The third-order valence-electron chi connectivity index (χ3n) is 3.08. The smallest absolute Gasteiger partial charge is 0.340 e. The van der Waals surface area contributed by atoms with Crippen molar-refractivity contribution in [3.8, 4) is 0 Å². The second-order valence-electron chi connectivity index (χ2n) is 5.12. The third-order valence-corrected chi connectivity index (χ3v) is 4.55. The summed E-state index contributed by atoms with van der Waals surface area (Å²) in [5.74, 6) is 0.0806. The van der Waals surface area contributed by atoms with Gasteiger partial charge in [-0.1, -0.05) is 19.1 Å². The van der Waals surface area contributed by atoms with Crippen LogP contribution in [0, 0.1) is 0 Å². The largest absolute Gasteiger partial charge is 0.462 e. The molecule has 0 spiro atoms. The molecule has 8 nitrogen and oxygen atoms in total. The Morgan fingerprint density at radius 2 is 1.76 bits per heavy atom. The lowest BCUT2D eigenvalue weighted by atomic mass is 10.2. The second-order valence-corrected chi connectivity index (χ2v) is 6.96. The van der Waals surface area contributed by atoms with Crippen molar-refractivity contribution in [3.63, 3.8) is 0 Å². The number of carbonyl (C=O) groups is 1. The number of rotatable bonds is 8. The first kappa shape index (κ1) is 18.7. The molecule has 2 N–H and O–H groups in total. The van der Waals surface area contributed by atoms with Crippen LogP contribution in [-0.4, -0.2) is 36.9 Å². The van der Waals surface area contributed by atoms with E-state index in [0.717, 1.165) is 0 Å². The van der Waals surface area contributed by atoms with Crippen LogP contribution in [0.5, 0.6) is 0 Å². The number of ether oxygens (including phenoxy) is 1. The van der Waals surface area contributed by atoms with Crippen LogP contribution in [0.2, 0.25) is 0 Å². The van der Waals surface area contributed by atoms with Crippen LogP contribution in [0.15, 0.2) is 36.4 Å². The fourth-order valence-electron chi connectivity index (χ4n) is 2.05. The van der Waals surface area contributed by atoms with Gasteiger partial charge in [-0.3, -0.25) is 4.72 Å². The summed E-state index contributed by atoms with van der Waals surface area (Å²) in [6.07, 6.45) is 0.507. The first-order valence-corrected chi connectivity index (χ1v) is 9.47. The number of para-hydroxylation sites is 1. The zero-order chi connectivity index (χ0) is 18.3. The molecule has 0 aliphatic carbocycles. The number of hydrogen-bond acceptors (Lipinski definition) is 7. The van der Waals surface area contributed by atoms with E-state index in [-0.39, 0.29) is 18.2 Å². The normalized spacial score (nSPS) is 11.0. The number of sulfonamides is 1. The number of anilines is 3. The van der Waals surface area contributed by atoms with E-state index in [0.29, 0.717) is 23.5 Å². The first-order chi connectivity index (χ1) is 11.9. The Morgan fingerprint density at radius 3 is 2.40 bits per heavy atom. The van der Waals surface area contributed by atoms with Gasteiger partial charge in [0, 0.05) is 0 Å². The Bertz CT molecular complexity index is 822. The second kappa shape index (κ2) is 8.43. The molecular weight excluding hydrogens is 344 g/mol. The highest BCUT2D eigenvalue weighted by molar-refractivity contribution is 7.92. The van der Waals surface area contributed by atoms with Gasteiger partial charge in [0.25, 0.3) is 0 Å². The van der Waals surface area contributed by atoms with Gasteiger partial charge >= 0.3 is 5.97 Å². The number of nitrogens with zero attached hydrogens (tertiary/aromatic N) is 2. The number of aromatic nitrogens is 2. The van der Waals surface area contributed by atoms with Crippen LogP contribution < -0.4 is 10.0 Å². The summed E-state index contributed by atoms with van der Waals surface area (Å²) >= 11 is 0. The molecular formula is C16H20N4O4S. The zero-order valence-electron chi connectivity index (χ0n) is 14.0. The van der Waals surface area contributed by atoms with Crippen molar-refractivity contribution in [2.24, 2.45) is 0 Å². The van der Waals surface area contributed by atoms with Crippen molar-refractivity contribution >= 4 is 33.3 Å². The molecule has 9 heteroatoms. The molecule has 1 heterocycles. The summed E-state index contributed by atoms with van der Waals surface area (Å²) in [5, 5.41) is 10.7. The van der Waals surface area contributed by atoms with Crippen LogP contribution >= 0.6 is 0 Å². The summed E-state index contributed by atoms with van der Waals surface area (Å²) in [4.78, 5) is 12.0. The van der Waals surface area contributed by atoms with E-state index in [1.54, 1.807) is 44.2 Å². The van der Waals surface area contributed by atoms with E-state index >= 15 is 0 Å². The molecule has 0 unspecified atom stereocenters. The Hall–Kier alpha value is -2.68. The molecule has 0 aliphatic heterocycles. The molecule has 0 fully saturated rings. The highest BCUT2D eigenvalue weighted by atomic mass is 32.2. The van der Waals surface area contributed by atoms with Crippen molar-refractivity contribution < 1.29 is 17.9 Å². The number of carbonyl (C=O) groups excluding carboxylic acids is 1. The van der Waals surface area contributed by atoms with Gasteiger partial charge in [-0.25, -0.2) is 13.2 Å². The van der Waals surface area contributed by atoms with Crippen LogP contribution in [0.25, 0.3) is 0 Å². The summed E-state index contributed by atoms with van der Waals surface area (Å²) in [6, 6.07) is 9.92. The Morgan fingerprint density at radius 1 is 1.08 bits per heavy atom. The number of esters is 1. The molecule has 1 aromatic heterocycles. The monoisotopic (exact) mass is 364 g/mol. The van der Waals surface area contributed by atoms with Crippen molar-refractivity contribution in [3.05, 3.63) is 42.0 Å². The van der Waals surface area contributed by atoms with Crippen molar-refractivity contribution in [1.82, 2.24) is 10.2 Å². The summed E-state index contributed by atoms with van der Waals surface area (Å²) < 4.78 is 30.8. The maximum Gasteiger partial charge on any atom is 0.340 e. The molecule has 2 aromatic rings. The highest BCUT2D eigenvalue weighted by Crippen LogP contribution is 2.20. The third kappa shape index (κ3) is 5.42. The zero-order valence-corrected chi connectivity index (χ0v) is 14.8. The average Bonchev–Trinajstić information content (AvgIpc) is 2.57. The predicted molar refractivity (Wildman–Crippen MR) is 95.4 cm³/mol. The van der Waals surface area contributed by atoms with E-state index in [4.69, 9.17) is 4.74 Å². The molecule has 0 saturated heterocycles. The topological polar surface area (TPSA) is 110 Å². The van der Waals surface area contributed by atoms with E-state index in [1.165, 1.54) is 6.07 Å². The molecule has 0 saturated carbocycles. The van der Waals surface area contributed by atoms with Gasteiger partial charge in [0.2, 0.25) is 10.0 Å². The summed E-state index contributed by atoms with van der Waals surface area (Å²) in [5.41, 5.74) is 0.897. The van der Waals surface area contributed by atoms with Gasteiger partial charge in [0.1, 0.15) is 0 Å². The minimum Gasteiger partial charge on any atom is -0.462 e. The van der Waals surface area contributed by atoms with E-state index < -0.39 is 16.0 Å². The maximum atomic E-state index is 12.0. The van der Waals surface area contributed by atoms with Crippen molar-refractivity contribution in [2.45, 2.75) is 20.3 Å². The van der Waals surface area contributed by atoms with Gasteiger partial charge in [-0.15, -0.1) is 10.2 Å². The van der Waals surface area contributed by atoms with Crippen LogP contribution in [0.4, 0.5) is 17.3 Å². The lowest BCUT2D eigenvalue weighted by Gasteiger charge is -2.11. The van der Waals surface area contributed by atoms with Gasteiger partial charge in [0.05, 0.1) is 23.6 Å². The number of nitrogens with one attached hydrogen (secondary N) is 2. The Labute approximate surface area is 146 Å². The molecule has 25 heavy (non-hydrogen) atoms.